The summed E-state index contributed by atoms with van der Waals surface area (Å²) in [6.45, 7) is 0.626. The number of hydrogen-bond acceptors (Lipinski definition) is 4. The second-order valence-corrected chi connectivity index (χ2v) is 10.7. The van der Waals surface area contributed by atoms with E-state index in [-0.39, 0.29) is 15.6 Å². The van der Waals surface area contributed by atoms with Gasteiger partial charge in [-0.3, -0.25) is 4.72 Å². The molecule has 3 rings (SSSR count). The normalized spacial score (nSPS) is 16.4. The molecule has 1 saturated heterocycles. The molecule has 1 fully saturated rings. The zero-order valence-corrected chi connectivity index (χ0v) is 17.9. The predicted octanol–water partition coefficient (Wildman–Crippen LogP) is 4.33. The monoisotopic (exact) mass is 482 g/mol. The van der Waals surface area contributed by atoms with Gasteiger partial charge in [-0.25, -0.2) is 16.8 Å². The Morgan fingerprint density at radius 3 is 2.17 bits per heavy atom. The lowest BCUT2D eigenvalue weighted by Crippen LogP contribution is -2.35. The first-order chi connectivity index (χ1) is 13.9. The van der Waals surface area contributed by atoms with Crippen LogP contribution in [0.1, 0.15) is 24.8 Å². The van der Waals surface area contributed by atoms with Gasteiger partial charge in [-0.1, -0.05) is 30.2 Å². The highest BCUT2D eigenvalue weighted by Crippen LogP contribution is 2.35. The lowest BCUT2D eigenvalue weighted by Gasteiger charge is -2.26. The highest BCUT2D eigenvalue weighted by atomic mass is 35.5. The van der Waals surface area contributed by atoms with Gasteiger partial charge in [-0.05, 0) is 43.2 Å². The number of anilines is 1. The molecule has 6 nitrogen and oxygen atoms in total. The Hall–Kier alpha value is -1.82. The van der Waals surface area contributed by atoms with Gasteiger partial charge in [0.2, 0.25) is 10.0 Å². The summed E-state index contributed by atoms with van der Waals surface area (Å²) >= 11 is 6.04. The minimum Gasteiger partial charge on any atom is -0.280 e. The third-order valence-corrected chi connectivity index (χ3v) is 8.42. The molecule has 164 valence electrons. The first-order valence-electron chi connectivity index (χ1n) is 8.92. The molecule has 0 aromatic heterocycles. The molecule has 0 saturated carbocycles. The van der Waals surface area contributed by atoms with Crippen LogP contribution in [0.5, 0.6) is 0 Å². The fourth-order valence-corrected chi connectivity index (χ4v) is 6.45. The van der Waals surface area contributed by atoms with Crippen molar-refractivity contribution in [3.8, 4) is 0 Å². The molecule has 2 aromatic rings. The fraction of sp³-hybridized carbons (Fsp3) is 0.333. The molecule has 30 heavy (non-hydrogen) atoms. The van der Waals surface area contributed by atoms with Crippen molar-refractivity contribution in [1.29, 1.82) is 0 Å². The van der Waals surface area contributed by atoms with Crippen molar-refractivity contribution in [3.05, 3.63) is 53.1 Å². The number of nitrogens with zero attached hydrogens (tertiary/aromatic N) is 1. The van der Waals surface area contributed by atoms with Gasteiger partial charge in [0.15, 0.2) is 0 Å². The largest absolute Gasteiger partial charge is 0.417 e. The minimum atomic E-state index is -4.88. The van der Waals surface area contributed by atoms with Crippen LogP contribution < -0.4 is 4.72 Å². The Morgan fingerprint density at radius 1 is 0.900 bits per heavy atom. The number of benzene rings is 2. The average molecular weight is 483 g/mol. The molecular weight excluding hydrogens is 465 g/mol. The van der Waals surface area contributed by atoms with Crippen LogP contribution in [-0.4, -0.2) is 34.2 Å². The highest BCUT2D eigenvalue weighted by molar-refractivity contribution is 7.92. The Kier molecular flexibility index (Phi) is 6.38. The molecule has 1 heterocycles. The Labute approximate surface area is 177 Å². The van der Waals surface area contributed by atoms with Crippen molar-refractivity contribution in [1.82, 2.24) is 4.31 Å². The van der Waals surface area contributed by atoms with E-state index in [0.717, 1.165) is 30.7 Å². The lowest BCUT2D eigenvalue weighted by molar-refractivity contribution is -0.139. The molecule has 2 aromatic carbocycles. The standard InChI is InChI=1S/C18H18ClF3N2O4S2/c19-15-9-8-13(12-17(15)30(27,28)24-10-4-1-5-11-24)23-29(25,26)16-7-3-2-6-14(16)18(20,21)22/h2-3,6-9,12,23H,1,4-5,10-11H2. The number of sulfonamides is 2. The maximum Gasteiger partial charge on any atom is 0.417 e. The van der Waals surface area contributed by atoms with Crippen molar-refractivity contribution < 1.29 is 30.0 Å². The van der Waals surface area contributed by atoms with Crippen molar-refractivity contribution >= 4 is 37.3 Å². The lowest BCUT2D eigenvalue weighted by atomic mass is 10.2. The van der Waals surface area contributed by atoms with Gasteiger partial charge >= 0.3 is 6.18 Å². The van der Waals surface area contributed by atoms with E-state index in [1.165, 1.54) is 16.4 Å². The number of halogens is 4. The van der Waals surface area contributed by atoms with Crippen LogP contribution in [0.3, 0.4) is 0 Å². The summed E-state index contributed by atoms with van der Waals surface area (Å²) < 4.78 is 93.9. The molecular formula is C18H18ClF3N2O4S2. The Bertz CT molecular complexity index is 1150. The zero-order chi connectivity index (χ0) is 22.2. The molecule has 0 aliphatic carbocycles. The molecule has 0 atom stereocenters. The maximum atomic E-state index is 13.2. The number of rotatable bonds is 5. The van der Waals surface area contributed by atoms with Crippen LogP contribution in [0.4, 0.5) is 18.9 Å². The summed E-state index contributed by atoms with van der Waals surface area (Å²) in [7, 11) is -8.63. The fourth-order valence-electron chi connectivity index (χ4n) is 3.15. The molecule has 1 aliphatic heterocycles. The van der Waals surface area contributed by atoms with Crippen molar-refractivity contribution in [2.45, 2.75) is 35.2 Å². The van der Waals surface area contributed by atoms with E-state index in [1.54, 1.807) is 0 Å². The molecule has 0 radical (unpaired) electrons. The van der Waals surface area contributed by atoms with Crippen LogP contribution in [-0.2, 0) is 26.2 Å². The van der Waals surface area contributed by atoms with E-state index in [1.807, 2.05) is 4.72 Å². The van der Waals surface area contributed by atoms with E-state index < -0.39 is 36.7 Å². The second-order valence-electron chi connectivity index (χ2n) is 6.71. The van der Waals surface area contributed by atoms with Gasteiger partial charge in [0, 0.05) is 13.1 Å². The summed E-state index contributed by atoms with van der Waals surface area (Å²) in [6.07, 6.45) is -2.60. The molecule has 1 N–H and O–H groups in total. The SMILES string of the molecule is O=S(=O)(Nc1ccc(Cl)c(S(=O)(=O)N2CCCCC2)c1)c1ccccc1C(F)(F)F. The van der Waals surface area contributed by atoms with Gasteiger partial charge in [0.25, 0.3) is 10.0 Å². The summed E-state index contributed by atoms with van der Waals surface area (Å²) in [5, 5.41) is -0.112. The third kappa shape index (κ3) is 4.74. The van der Waals surface area contributed by atoms with Crippen molar-refractivity contribution in [2.24, 2.45) is 0 Å². The van der Waals surface area contributed by atoms with Crippen LogP contribution in [0.2, 0.25) is 5.02 Å². The third-order valence-electron chi connectivity index (χ3n) is 4.60. The van der Waals surface area contributed by atoms with Gasteiger partial charge < -0.3 is 0 Å². The first-order valence-corrected chi connectivity index (χ1v) is 12.2. The number of nitrogens with one attached hydrogen (secondary N) is 1. The summed E-state index contributed by atoms with van der Waals surface area (Å²) in [6, 6.07) is 7.11. The van der Waals surface area contributed by atoms with E-state index in [2.05, 4.69) is 0 Å². The zero-order valence-electron chi connectivity index (χ0n) is 15.5. The number of hydrogen-bond donors (Lipinski definition) is 1. The second kappa shape index (κ2) is 8.37. The summed E-state index contributed by atoms with van der Waals surface area (Å²) in [4.78, 5) is -1.27. The van der Waals surface area contributed by atoms with Crippen LogP contribution in [0.25, 0.3) is 0 Å². The maximum absolute atomic E-state index is 13.2. The molecule has 0 amide bonds. The number of piperidine rings is 1. The van der Waals surface area contributed by atoms with Gasteiger partial charge in [-0.2, -0.15) is 17.5 Å². The van der Waals surface area contributed by atoms with E-state index in [0.29, 0.717) is 32.0 Å². The topological polar surface area (TPSA) is 83.5 Å². The Balaban J connectivity index is 1.98. The Morgan fingerprint density at radius 2 is 1.53 bits per heavy atom. The highest BCUT2D eigenvalue weighted by Gasteiger charge is 2.37. The van der Waals surface area contributed by atoms with Gasteiger partial charge in [0.1, 0.15) is 4.90 Å². The summed E-state index contributed by atoms with van der Waals surface area (Å²) in [5.74, 6) is 0. The summed E-state index contributed by atoms with van der Waals surface area (Å²) in [5.41, 5.74) is -1.54. The van der Waals surface area contributed by atoms with Gasteiger partial charge in [0.05, 0.1) is 21.2 Å². The van der Waals surface area contributed by atoms with Crippen molar-refractivity contribution in [2.75, 3.05) is 17.8 Å². The minimum absolute atomic E-state index is 0.112. The smallest absolute Gasteiger partial charge is 0.280 e. The molecule has 1 aliphatic rings. The van der Waals surface area contributed by atoms with Crippen LogP contribution >= 0.6 is 11.6 Å². The molecule has 0 spiro atoms. The van der Waals surface area contributed by atoms with Crippen molar-refractivity contribution in [3.63, 3.8) is 0 Å². The average Bonchev–Trinajstić information content (AvgIpc) is 2.69. The molecule has 0 bridgehead atoms. The van der Waals surface area contributed by atoms with Crippen LogP contribution in [0.15, 0.2) is 52.3 Å². The quantitative estimate of drug-likeness (QED) is 0.687. The predicted molar refractivity (Wildman–Crippen MR) is 106 cm³/mol. The molecule has 0 unspecified atom stereocenters. The van der Waals surface area contributed by atoms with E-state index in [4.69, 9.17) is 11.6 Å². The van der Waals surface area contributed by atoms with E-state index in [9.17, 15) is 30.0 Å². The van der Waals surface area contributed by atoms with Crippen LogP contribution in [0, 0.1) is 0 Å². The number of alkyl halides is 3. The van der Waals surface area contributed by atoms with E-state index >= 15 is 0 Å². The molecule has 12 heteroatoms. The first kappa shape index (κ1) is 22.9. The van der Waals surface area contributed by atoms with Gasteiger partial charge in [-0.15, -0.1) is 0 Å².